The highest BCUT2D eigenvalue weighted by Gasteiger charge is 2.27. The zero-order valence-corrected chi connectivity index (χ0v) is 40.5. The van der Waals surface area contributed by atoms with E-state index in [1.807, 2.05) is 60.8 Å². The van der Waals surface area contributed by atoms with E-state index in [0.717, 1.165) is 54.3 Å². The number of likely N-dealkylation sites (N-methyl/N-ethyl adjacent to an activating group) is 1. The fourth-order valence-electron chi connectivity index (χ4n) is 9.16. The number of aryl methyl sites for hydroxylation is 4. The number of benzene rings is 2. The third-order valence-electron chi connectivity index (χ3n) is 12.5. The molecule has 1 aliphatic rings. The molecule has 0 radical (unpaired) electrons. The number of methoxy groups -OCH3 is 1. The Labute approximate surface area is 401 Å². The predicted molar refractivity (Wildman–Crippen MR) is 262 cm³/mol. The number of primary amides is 2. The van der Waals surface area contributed by atoms with Gasteiger partial charge in [0.15, 0.2) is 11.6 Å². The molecule has 0 saturated carbocycles. The van der Waals surface area contributed by atoms with Gasteiger partial charge in [0, 0.05) is 80.8 Å². The highest BCUT2D eigenvalue weighted by molar-refractivity contribution is 6.37. The summed E-state index contributed by atoms with van der Waals surface area (Å²) >= 11 is 14.2. The van der Waals surface area contributed by atoms with Crippen LogP contribution in [-0.4, -0.2) is 137 Å². The van der Waals surface area contributed by atoms with Gasteiger partial charge in [-0.2, -0.15) is 10.2 Å². The number of carbonyl (C=O) groups excluding carboxylic acids is 2. The topological polar surface area (TPSA) is 217 Å². The molecule has 8 aromatic rings. The standard InChI is InChI=1S/C47H54Cl2N14O5/c1-7-62-32(20-26(3)56-62)44-52-40(48)36-30-22-28(42(50)64)24-34(66-6)38(30)60(46(36)54-44)13-11-58(5)12-14-61-39-31(37-41(49)53-45(55-47(37)61)33-21-27(4)57-63(33)8-2)23-29(43(51)65)25-35(39)68-17-9-10-59-15-18-67-19-16-59/h20-25H,7-19H2,1-6H3,(H2,50,64)(H2,51,65). The van der Waals surface area contributed by atoms with E-state index in [1.54, 1.807) is 31.4 Å². The van der Waals surface area contributed by atoms with Crippen molar-refractivity contribution in [2.45, 2.75) is 60.3 Å². The first-order chi connectivity index (χ1) is 32.8. The van der Waals surface area contributed by atoms with E-state index in [-0.39, 0.29) is 21.4 Å². The summed E-state index contributed by atoms with van der Waals surface area (Å²) in [5.74, 6) is 0.559. The number of carbonyl (C=O) groups is 2. The van der Waals surface area contributed by atoms with Crippen molar-refractivity contribution in [3.8, 4) is 34.5 Å². The molecule has 0 aliphatic carbocycles. The van der Waals surface area contributed by atoms with Crippen LogP contribution < -0.4 is 20.9 Å². The molecule has 19 nitrogen and oxygen atoms in total. The smallest absolute Gasteiger partial charge is 0.248 e. The lowest BCUT2D eigenvalue weighted by Gasteiger charge is -2.26. The van der Waals surface area contributed by atoms with Crippen molar-refractivity contribution in [3.63, 3.8) is 0 Å². The second-order valence-electron chi connectivity index (χ2n) is 17.0. The maximum absolute atomic E-state index is 12.9. The monoisotopic (exact) mass is 964 g/mol. The molecule has 4 N–H and O–H groups in total. The summed E-state index contributed by atoms with van der Waals surface area (Å²) in [6.07, 6.45) is 0.757. The van der Waals surface area contributed by atoms with E-state index < -0.39 is 11.8 Å². The average Bonchev–Trinajstić information content (AvgIpc) is 4.08. The molecule has 2 amide bonds. The van der Waals surface area contributed by atoms with Gasteiger partial charge < -0.3 is 39.7 Å². The molecule has 0 spiro atoms. The van der Waals surface area contributed by atoms with Gasteiger partial charge in [0.25, 0.3) is 0 Å². The van der Waals surface area contributed by atoms with E-state index in [2.05, 4.69) is 24.6 Å². The Kier molecular flexibility index (Phi) is 13.3. The molecular weight excluding hydrogens is 912 g/mol. The Morgan fingerprint density at radius 2 is 1.21 bits per heavy atom. The number of amides is 2. The van der Waals surface area contributed by atoms with Crippen LogP contribution in [0.5, 0.6) is 11.5 Å². The van der Waals surface area contributed by atoms with Crippen LogP contribution in [0.3, 0.4) is 0 Å². The summed E-state index contributed by atoms with van der Waals surface area (Å²) < 4.78 is 25.9. The van der Waals surface area contributed by atoms with E-state index in [9.17, 15) is 9.59 Å². The third kappa shape index (κ3) is 8.80. The molecular formula is C47H54Cl2N14O5. The van der Waals surface area contributed by atoms with Gasteiger partial charge in [-0.15, -0.1) is 0 Å². The average molecular weight is 966 g/mol. The second-order valence-corrected chi connectivity index (χ2v) is 17.7. The predicted octanol–water partition coefficient (Wildman–Crippen LogP) is 6.11. The lowest BCUT2D eigenvalue weighted by atomic mass is 10.1. The Hall–Kier alpha value is -6.38. The number of halogens is 2. The highest BCUT2D eigenvalue weighted by atomic mass is 35.5. The lowest BCUT2D eigenvalue weighted by molar-refractivity contribution is 0.0358. The van der Waals surface area contributed by atoms with Crippen molar-refractivity contribution in [1.82, 2.24) is 58.4 Å². The van der Waals surface area contributed by atoms with Gasteiger partial charge in [-0.1, -0.05) is 23.2 Å². The van der Waals surface area contributed by atoms with Crippen LogP contribution in [0.4, 0.5) is 0 Å². The summed E-state index contributed by atoms with van der Waals surface area (Å²) in [5, 5.41) is 12.1. The first kappa shape index (κ1) is 46.7. The first-order valence-corrected chi connectivity index (χ1v) is 23.5. The fraction of sp³-hybridized carbons (Fsp3) is 0.404. The van der Waals surface area contributed by atoms with Crippen molar-refractivity contribution < 1.29 is 23.8 Å². The summed E-state index contributed by atoms with van der Waals surface area (Å²) in [5.41, 5.74) is 17.9. The molecule has 1 fully saturated rings. The van der Waals surface area contributed by atoms with Gasteiger partial charge >= 0.3 is 0 Å². The van der Waals surface area contributed by atoms with Gasteiger partial charge in [-0.05, 0) is 77.6 Å². The molecule has 356 valence electrons. The number of hydrogen-bond acceptors (Lipinski definition) is 13. The zero-order valence-electron chi connectivity index (χ0n) is 39.0. The zero-order chi connectivity index (χ0) is 48.0. The first-order valence-electron chi connectivity index (χ1n) is 22.7. The van der Waals surface area contributed by atoms with E-state index in [1.165, 1.54) is 0 Å². The summed E-state index contributed by atoms with van der Waals surface area (Å²) in [6, 6.07) is 10.7. The summed E-state index contributed by atoms with van der Waals surface area (Å²) in [4.78, 5) is 49.8. The van der Waals surface area contributed by atoms with Crippen LogP contribution in [0.2, 0.25) is 10.3 Å². The van der Waals surface area contributed by atoms with Gasteiger partial charge in [-0.3, -0.25) is 23.9 Å². The van der Waals surface area contributed by atoms with Crippen molar-refractivity contribution >= 4 is 78.9 Å². The lowest BCUT2D eigenvalue weighted by Crippen LogP contribution is -2.37. The molecule has 7 heterocycles. The molecule has 0 bridgehead atoms. The van der Waals surface area contributed by atoms with Crippen LogP contribution in [0.25, 0.3) is 66.9 Å². The van der Waals surface area contributed by atoms with Gasteiger partial charge in [0.05, 0.1) is 60.1 Å². The third-order valence-corrected chi connectivity index (χ3v) is 13.0. The molecule has 1 saturated heterocycles. The number of hydrogen-bond donors (Lipinski definition) is 2. The molecule has 0 unspecified atom stereocenters. The number of rotatable bonds is 18. The van der Waals surface area contributed by atoms with Crippen LogP contribution in [0, 0.1) is 13.8 Å². The van der Waals surface area contributed by atoms with Crippen LogP contribution in [0.15, 0.2) is 36.4 Å². The van der Waals surface area contributed by atoms with Crippen LogP contribution in [-0.2, 0) is 30.9 Å². The molecule has 6 aromatic heterocycles. The maximum atomic E-state index is 12.9. The van der Waals surface area contributed by atoms with E-state index in [4.69, 9.17) is 68.8 Å². The van der Waals surface area contributed by atoms with Crippen molar-refractivity contribution in [1.29, 1.82) is 0 Å². The molecule has 68 heavy (non-hydrogen) atoms. The largest absolute Gasteiger partial charge is 0.495 e. The molecule has 9 rings (SSSR count). The van der Waals surface area contributed by atoms with Crippen molar-refractivity contribution in [2.75, 3.05) is 66.7 Å². The minimum absolute atomic E-state index is 0.217. The Bertz CT molecular complexity index is 3240. The number of nitrogens with two attached hydrogens (primary N) is 2. The molecule has 2 aromatic carbocycles. The minimum Gasteiger partial charge on any atom is -0.495 e. The molecule has 21 heteroatoms. The van der Waals surface area contributed by atoms with Crippen molar-refractivity contribution in [3.05, 3.63) is 69.2 Å². The SMILES string of the molecule is CCn1nc(C)cc1-c1nc(Cl)c2c3cc(C(N)=O)cc(OC)c3n(CCN(C)CCn3c4nc(-c5cc(C)nn5CC)nc(Cl)c4c4cc(C(N)=O)cc(OCCCN5CCOCC5)c43)c2n1. The van der Waals surface area contributed by atoms with Crippen molar-refractivity contribution in [2.24, 2.45) is 11.5 Å². The molecule has 0 atom stereocenters. The Morgan fingerprint density at radius 1 is 0.721 bits per heavy atom. The Morgan fingerprint density at radius 3 is 1.68 bits per heavy atom. The number of morpholine rings is 1. The number of aromatic nitrogens is 10. The van der Waals surface area contributed by atoms with E-state index in [0.29, 0.717) is 121 Å². The summed E-state index contributed by atoms with van der Waals surface area (Å²) in [7, 11) is 3.58. The number of fused-ring (bicyclic) bond motifs is 6. The van der Waals surface area contributed by atoms with Gasteiger partial charge in [-0.25, -0.2) is 19.9 Å². The number of nitrogens with zero attached hydrogens (tertiary/aromatic N) is 12. The Balaban J connectivity index is 1.11. The number of ether oxygens (including phenoxy) is 3. The summed E-state index contributed by atoms with van der Waals surface area (Å²) in [6.45, 7) is 15.4. The fourth-order valence-corrected chi connectivity index (χ4v) is 9.69. The van der Waals surface area contributed by atoms with Gasteiger partial charge in [0.2, 0.25) is 11.8 Å². The second kappa shape index (κ2) is 19.3. The van der Waals surface area contributed by atoms with E-state index >= 15 is 0 Å². The van der Waals surface area contributed by atoms with Crippen LogP contribution in [0.1, 0.15) is 52.4 Å². The normalized spacial score (nSPS) is 13.5. The quantitative estimate of drug-likeness (QED) is 0.0734. The maximum Gasteiger partial charge on any atom is 0.248 e. The van der Waals surface area contributed by atoms with Crippen LogP contribution >= 0.6 is 23.2 Å². The van der Waals surface area contributed by atoms with Gasteiger partial charge in [0.1, 0.15) is 44.5 Å². The minimum atomic E-state index is -0.607. The highest BCUT2D eigenvalue weighted by Crippen LogP contribution is 2.41. The molecule has 1 aliphatic heterocycles.